The molecule has 32 heavy (non-hydrogen) atoms. The first-order valence-electron chi connectivity index (χ1n) is 11.0. The lowest BCUT2D eigenvalue weighted by Gasteiger charge is -2.15. The number of carbonyl (C=O) groups excluding carboxylic acids is 1. The maximum Gasteiger partial charge on any atom is 0.259 e. The monoisotopic (exact) mass is 436 g/mol. The van der Waals surface area contributed by atoms with Crippen LogP contribution in [0, 0.1) is 12.8 Å². The number of anilines is 1. The molecule has 3 heterocycles. The predicted octanol–water partition coefficient (Wildman–Crippen LogP) is 2.94. The van der Waals surface area contributed by atoms with Crippen LogP contribution in [0.4, 0.5) is 5.82 Å². The van der Waals surface area contributed by atoms with Crippen molar-refractivity contribution >= 4 is 22.6 Å². The molecule has 3 aromatic rings. The van der Waals surface area contributed by atoms with Crippen molar-refractivity contribution in [2.75, 3.05) is 11.9 Å². The molecule has 4 rings (SSSR count). The Morgan fingerprint density at radius 2 is 2.00 bits per heavy atom. The number of nitrogens with one attached hydrogen (secondary N) is 1. The van der Waals surface area contributed by atoms with Crippen molar-refractivity contribution < 1.29 is 15.0 Å². The Morgan fingerprint density at radius 1 is 1.22 bits per heavy atom. The zero-order valence-corrected chi connectivity index (χ0v) is 18.3. The molecule has 1 amide bonds. The van der Waals surface area contributed by atoms with Crippen molar-refractivity contribution in [3.63, 3.8) is 0 Å². The number of nitrogens with zero attached hydrogens (tertiary/aromatic N) is 3. The van der Waals surface area contributed by atoms with Crippen LogP contribution >= 0.6 is 0 Å². The standard InChI is InChI=1S/C24H28N4O4/c1-3-4-21(30)19-9-14(2)18(13-25-19)17-10-16-12-26-22(27-23(31)15-5-6-15)11-20(16)28(7-8-29)24(17)32/h9-13,15,21,29-30H,3-8H2,1-2H3,(H,26,27,31)/t21-/m0/s1. The van der Waals surface area contributed by atoms with Gasteiger partial charge in [0.1, 0.15) is 5.82 Å². The Hall–Kier alpha value is -3.10. The second kappa shape index (κ2) is 9.18. The van der Waals surface area contributed by atoms with Crippen LogP contribution in [0.5, 0.6) is 0 Å². The smallest absolute Gasteiger partial charge is 0.259 e. The summed E-state index contributed by atoms with van der Waals surface area (Å²) in [5, 5.41) is 23.3. The fraction of sp³-hybridized carbons (Fsp3) is 0.417. The van der Waals surface area contributed by atoms with E-state index in [9.17, 15) is 19.8 Å². The molecule has 0 saturated heterocycles. The van der Waals surface area contributed by atoms with Gasteiger partial charge in [-0.2, -0.15) is 0 Å². The molecule has 0 bridgehead atoms. The molecule has 168 valence electrons. The minimum absolute atomic E-state index is 0.0452. The number of hydrogen-bond donors (Lipinski definition) is 3. The summed E-state index contributed by atoms with van der Waals surface area (Å²) in [6, 6.07) is 5.24. The summed E-state index contributed by atoms with van der Waals surface area (Å²) in [7, 11) is 0. The molecule has 0 aliphatic heterocycles. The van der Waals surface area contributed by atoms with Gasteiger partial charge in [-0.05, 0) is 43.9 Å². The Labute approximate surface area is 186 Å². The summed E-state index contributed by atoms with van der Waals surface area (Å²) < 4.78 is 1.50. The SMILES string of the molecule is CCC[C@H](O)c1cc(C)c(-c2cc3cnc(NC(=O)C4CC4)cc3n(CCO)c2=O)cn1. The molecule has 3 aromatic heterocycles. The van der Waals surface area contributed by atoms with Gasteiger partial charge < -0.3 is 20.1 Å². The maximum atomic E-state index is 13.4. The number of aromatic nitrogens is 3. The minimum atomic E-state index is -0.635. The Kier molecular flexibility index (Phi) is 6.34. The van der Waals surface area contributed by atoms with Crippen molar-refractivity contribution in [1.29, 1.82) is 0 Å². The fourth-order valence-corrected chi connectivity index (χ4v) is 3.89. The van der Waals surface area contributed by atoms with E-state index in [2.05, 4.69) is 15.3 Å². The van der Waals surface area contributed by atoms with Gasteiger partial charge in [0.05, 0.1) is 23.9 Å². The lowest BCUT2D eigenvalue weighted by atomic mass is 10.00. The highest BCUT2D eigenvalue weighted by Crippen LogP contribution is 2.31. The molecule has 0 aromatic carbocycles. The Balaban J connectivity index is 1.78. The van der Waals surface area contributed by atoms with Gasteiger partial charge >= 0.3 is 0 Å². The van der Waals surface area contributed by atoms with Crippen molar-refractivity contribution in [2.45, 2.75) is 52.2 Å². The van der Waals surface area contributed by atoms with E-state index in [1.54, 1.807) is 24.5 Å². The molecule has 8 heteroatoms. The van der Waals surface area contributed by atoms with Crippen molar-refractivity contribution in [2.24, 2.45) is 5.92 Å². The van der Waals surface area contributed by atoms with Gasteiger partial charge in [0.2, 0.25) is 5.91 Å². The number of aryl methyl sites for hydroxylation is 1. The second-order valence-electron chi connectivity index (χ2n) is 8.36. The number of rotatable bonds is 8. The Bertz CT molecular complexity index is 1220. The average molecular weight is 437 g/mol. The van der Waals surface area contributed by atoms with Crippen LogP contribution in [0.25, 0.3) is 22.0 Å². The minimum Gasteiger partial charge on any atom is -0.395 e. The summed E-state index contributed by atoms with van der Waals surface area (Å²) in [6.07, 6.45) is 5.85. The molecule has 3 N–H and O–H groups in total. The molecule has 1 aliphatic carbocycles. The highest BCUT2D eigenvalue weighted by molar-refractivity contribution is 5.95. The Morgan fingerprint density at radius 3 is 2.66 bits per heavy atom. The summed E-state index contributed by atoms with van der Waals surface area (Å²) >= 11 is 0. The third-order valence-electron chi connectivity index (χ3n) is 5.83. The summed E-state index contributed by atoms with van der Waals surface area (Å²) in [4.78, 5) is 34.2. The first-order valence-corrected chi connectivity index (χ1v) is 11.0. The number of pyridine rings is 3. The van der Waals surface area contributed by atoms with E-state index < -0.39 is 6.10 Å². The predicted molar refractivity (Wildman–Crippen MR) is 122 cm³/mol. The topological polar surface area (TPSA) is 117 Å². The second-order valence-corrected chi connectivity index (χ2v) is 8.36. The molecular formula is C24H28N4O4. The number of fused-ring (bicyclic) bond motifs is 1. The van der Waals surface area contributed by atoms with E-state index in [1.165, 1.54) is 4.57 Å². The number of amides is 1. The van der Waals surface area contributed by atoms with Crippen LogP contribution in [0.3, 0.4) is 0 Å². The molecule has 0 spiro atoms. The van der Waals surface area contributed by atoms with Crippen LogP contribution in [0.2, 0.25) is 0 Å². The highest BCUT2D eigenvalue weighted by atomic mass is 16.3. The van der Waals surface area contributed by atoms with E-state index in [-0.39, 0.29) is 30.5 Å². The largest absolute Gasteiger partial charge is 0.395 e. The molecular weight excluding hydrogens is 408 g/mol. The summed E-state index contributed by atoms with van der Waals surface area (Å²) in [6.45, 7) is 3.79. The number of aliphatic hydroxyl groups excluding tert-OH is 2. The van der Waals surface area contributed by atoms with Crippen molar-refractivity contribution in [3.8, 4) is 11.1 Å². The molecule has 0 radical (unpaired) electrons. The lowest BCUT2D eigenvalue weighted by Crippen LogP contribution is -2.24. The van der Waals surface area contributed by atoms with Gasteiger partial charge in [-0.15, -0.1) is 0 Å². The summed E-state index contributed by atoms with van der Waals surface area (Å²) in [5.41, 5.74) is 2.87. The van der Waals surface area contributed by atoms with Gasteiger partial charge in [0.15, 0.2) is 0 Å². The maximum absolute atomic E-state index is 13.4. The summed E-state index contributed by atoms with van der Waals surface area (Å²) in [5.74, 6) is 0.376. The van der Waals surface area contributed by atoms with Crippen LogP contribution in [0.1, 0.15) is 50.0 Å². The van der Waals surface area contributed by atoms with Gasteiger partial charge in [-0.3, -0.25) is 14.6 Å². The average Bonchev–Trinajstić information content (AvgIpc) is 3.62. The third kappa shape index (κ3) is 4.42. The van der Waals surface area contributed by atoms with Crippen LogP contribution < -0.4 is 10.9 Å². The van der Waals surface area contributed by atoms with Crippen molar-refractivity contribution in [3.05, 3.63) is 52.2 Å². The van der Waals surface area contributed by atoms with Gasteiger partial charge in [-0.25, -0.2) is 4.98 Å². The van der Waals surface area contributed by atoms with Gasteiger partial charge in [-0.1, -0.05) is 13.3 Å². The molecule has 0 unspecified atom stereocenters. The van der Waals surface area contributed by atoms with E-state index in [0.29, 0.717) is 40.0 Å². The van der Waals surface area contributed by atoms with Crippen LogP contribution in [-0.2, 0) is 11.3 Å². The van der Waals surface area contributed by atoms with Crippen molar-refractivity contribution in [1.82, 2.24) is 14.5 Å². The molecule has 1 atom stereocenters. The number of hydrogen-bond acceptors (Lipinski definition) is 6. The molecule has 1 fully saturated rings. The lowest BCUT2D eigenvalue weighted by molar-refractivity contribution is -0.117. The van der Waals surface area contributed by atoms with E-state index in [4.69, 9.17) is 0 Å². The van der Waals surface area contributed by atoms with Crippen LogP contribution in [-0.4, -0.2) is 37.3 Å². The van der Waals surface area contributed by atoms with Gasteiger partial charge in [0.25, 0.3) is 5.56 Å². The normalized spacial score (nSPS) is 14.5. The highest BCUT2D eigenvalue weighted by Gasteiger charge is 2.29. The third-order valence-corrected chi connectivity index (χ3v) is 5.83. The first-order chi connectivity index (χ1) is 15.4. The zero-order valence-electron chi connectivity index (χ0n) is 18.3. The fourth-order valence-electron chi connectivity index (χ4n) is 3.89. The van der Waals surface area contributed by atoms with Crippen LogP contribution in [0.15, 0.2) is 35.4 Å². The quantitative estimate of drug-likeness (QED) is 0.500. The van der Waals surface area contributed by atoms with E-state index >= 15 is 0 Å². The van der Waals surface area contributed by atoms with Gasteiger partial charge in [0, 0.05) is 47.4 Å². The molecule has 1 aliphatic rings. The van der Waals surface area contributed by atoms with E-state index in [1.807, 2.05) is 19.9 Å². The number of aliphatic hydroxyl groups is 2. The first kappa shape index (κ1) is 22.1. The zero-order chi connectivity index (χ0) is 22.8. The van der Waals surface area contributed by atoms with E-state index in [0.717, 1.165) is 24.8 Å². The molecule has 8 nitrogen and oxygen atoms in total. The number of carbonyl (C=O) groups is 1. The molecule has 1 saturated carbocycles.